The van der Waals surface area contributed by atoms with Gasteiger partial charge in [0.2, 0.25) is 0 Å². The second-order valence-electron chi connectivity index (χ2n) is 8.75. The van der Waals surface area contributed by atoms with Gasteiger partial charge in [0.15, 0.2) is 0 Å². The number of carbonyl (C=O) groups excluding carboxylic acids is 1. The van der Waals surface area contributed by atoms with Gasteiger partial charge in [-0.15, -0.1) is 0 Å². The number of rotatable bonds is 9. The number of aliphatic hydroxyl groups excluding tert-OH is 2. The molecule has 1 aromatic carbocycles. The summed E-state index contributed by atoms with van der Waals surface area (Å²) in [4.78, 5) is 43.9. The first-order valence-corrected chi connectivity index (χ1v) is 11.6. The summed E-state index contributed by atoms with van der Waals surface area (Å²) in [6, 6.07) is 5.60. The van der Waals surface area contributed by atoms with Gasteiger partial charge >= 0.3 is 11.7 Å². The molecule has 0 saturated carbocycles. The third kappa shape index (κ3) is 5.77. The number of pyridine rings is 1. The maximum atomic E-state index is 13.7. The Morgan fingerprint density at radius 3 is 2.47 bits per heavy atom. The van der Waals surface area contributed by atoms with E-state index in [1.165, 1.54) is 42.0 Å². The number of aliphatic hydroxyl groups is 2. The smallest absolute Gasteiger partial charge is 0.329 e. The van der Waals surface area contributed by atoms with Crippen LogP contribution in [0, 0.1) is 5.82 Å². The lowest BCUT2D eigenvalue weighted by atomic mass is 9.91. The second-order valence-corrected chi connectivity index (χ2v) is 8.75. The molecule has 3 rings (SSSR count). The lowest BCUT2D eigenvalue weighted by Crippen LogP contribution is -2.31. The van der Waals surface area contributed by atoms with E-state index in [1.54, 1.807) is 13.0 Å². The maximum Gasteiger partial charge on any atom is 0.329 e. The van der Waals surface area contributed by atoms with Crippen LogP contribution in [0.3, 0.4) is 0 Å². The van der Waals surface area contributed by atoms with Gasteiger partial charge < -0.3 is 14.9 Å². The van der Waals surface area contributed by atoms with Gasteiger partial charge in [-0.3, -0.25) is 19.1 Å². The van der Waals surface area contributed by atoms with E-state index in [2.05, 4.69) is 14.7 Å². The SMILES string of the molecule is CCn1c(=O)[nH]c(=O)c2c(-c3ccc(F)cc3)c(/C=C/C(O)CC(O)CC(=O)OC)c(C(C)C)nc21. The van der Waals surface area contributed by atoms with Crippen molar-refractivity contribution in [2.75, 3.05) is 7.11 Å². The molecule has 0 amide bonds. The van der Waals surface area contributed by atoms with E-state index in [0.29, 0.717) is 22.4 Å². The summed E-state index contributed by atoms with van der Waals surface area (Å²) in [6.07, 6.45) is 0.411. The van der Waals surface area contributed by atoms with Crippen LogP contribution in [-0.2, 0) is 16.1 Å². The topological polar surface area (TPSA) is 135 Å². The molecule has 0 aliphatic heterocycles. The third-order valence-corrected chi connectivity index (χ3v) is 5.82. The fourth-order valence-electron chi connectivity index (χ4n) is 4.08. The number of aryl methyl sites for hydroxylation is 1. The van der Waals surface area contributed by atoms with Gasteiger partial charge in [0, 0.05) is 24.1 Å². The van der Waals surface area contributed by atoms with Gasteiger partial charge in [-0.1, -0.05) is 38.1 Å². The minimum atomic E-state index is -1.12. The molecule has 0 fully saturated rings. The van der Waals surface area contributed by atoms with Crippen molar-refractivity contribution in [3.8, 4) is 11.1 Å². The number of aromatic nitrogens is 3. The van der Waals surface area contributed by atoms with E-state index in [0.717, 1.165) is 0 Å². The highest BCUT2D eigenvalue weighted by Crippen LogP contribution is 2.35. The molecule has 0 bridgehead atoms. The largest absolute Gasteiger partial charge is 0.469 e. The van der Waals surface area contributed by atoms with Crippen molar-refractivity contribution < 1.29 is 24.1 Å². The van der Waals surface area contributed by atoms with Gasteiger partial charge in [0.05, 0.1) is 36.8 Å². The summed E-state index contributed by atoms with van der Waals surface area (Å²) in [5.41, 5.74) is 1.03. The summed E-state index contributed by atoms with van der Waals surface area (Å²) in [6.45, 7) is 5.83. The van der Waals surface area contributed by atoms with E-state index in [1.807, 2.05) is 13.8 Å². The van der Waals surface area contributed by atoms with Gasteiger partial charge in [-0.05, 0) is 30.5 Å². The molecule has 10 heteroatoms. The first-order valence-electron chi connectivity index (χ1n) is 11.6. The summed E-state index contributed by atoms with van der Waals surface area (Å²) in [5, 5.41) is 20.7. The molecular weight excluding hydrogens is 469 g/mol. The zero-order valence-electron chi connectivity index (χ0n) is 20.6. The molecule has 192 valence electrons. The molecular formula is C26H30FN3O6. The van der Waals surface area contributed by atoms with Crippen molar-refractivity contribution in [3.63, 3.8) is 0 Å². The molecule has 0 aliphatic rings. The van der Waals surface area contributed by atoms with Gasteiger partial charge in [0.1, 0.15) is 11.5 Å². The van der Waals surface area contributed by atoms with E-state index in [9.17, 15) is 29.0 Å². The minimum absolute atomic E-state index is 0.120. The monoisotopic (exact) mass is 499 g/mol. The van der Waals surface area contributed by atoms with E-state index in [4.69, 9.17) is 0 Å². The highest BCUT2D eigenvalue weighted by Gasteiger charge is 2.22. The molecule has 0 spiro atoms. The standard InChI is InChI=1S/C26H30FN3O6/c1-5-30-24-22(25(34)29-26(30)35)21(15-6-8-16(27)9-7-15)19(23(28-24)14(2)3)11-10-17(31)12-18(32)13-20(33)36-4/h6-11,14,17-18,31-32H,5,12-13H2,1-4H3,(H,29,34,35)/b11-10+. The Morgan fingerprint density at radius 2 is 1.89 bits per heavy atom. The van der Waals surface area contributed by atoms with Crippen molar-refractivity contribution in [2.24, 2.45) is 0 Å². The first kappa shape index (κ1) is 27.0. The zero-order chi connectivity index (χ0) is 26.6. The van der Waals surface area contributed by atoms with Crippen LogP contribution in [0.15, 0.2) is 39.9 Å². The number of nitrogens with one attached hydrogen (secondary N) is 1. The predicted octanol–water partition coefficient (Wildman–Crippen LogP) is 2.72. The molecule has 3 aromatic rings. The van der Waals surface area contributed by atoms with Crippen LogP contribution in [0.5, 0.6) is 0 Å². The predicted molar refractivity (Wildman–Crippen MR) is 134 cm³/mol. The molecule has 0 aliphatic carbocycles. The first-order chi connectivity index (χ1) is 17.1. The van der Waals surface area contributed by atoms with Crippen molar-refractivity contribution in [1.29, 1.82) is 0 Å². The molecule has 0 saturated heterocycles. The number of hydrogen-bond donors (Lipinski definition) is 3. The number of fused-ring (bicyclic) bond motifs is 1. The third-order valence-electron chi connectivity index (χ3n) is 5.82. The van der Waals surface area contributed by atoms with Crippen LogP contribution < -0.4 is 11.2 Å². The summed E-state index contributed by atoms with van der Waals surface area (Å²) in [7, 11) is 1.21. The van der Waals surface area contributed by atoms with E-state index in [-0.39, 0.29) is 36.3 Å². The minimum Gasteiger partial charge on any atom is -0.469 e. The highest BCUT2D eigenvalue weighted by molar-refractivity contribution is 5.97. The van der Waals surface area contributed by atoms with Crippen LogP contribution in [0.2, 0.25) is 0 Å². The number of aromatic amines is 1. The highest BCUT2D eigenvalue weighted by atomic mass is 19.1. The molecule has 36 heavy (non-hydrogen) atoms. The average molecular weight is 500 g/mol. The molecule has 2 aromatic heterocycles. The van der Waals surface area contributed by atoms with Gasteiger partial charge in [-0.2, -0.15) is 0 Å². The lowest BCUT2D eigenvalue weighted by molar-refractivity contribution is -0.143. The van der Waals surface area contributed by atoms with E-state index < -0.39 is 35.2 Å². The molecule has 9 nitrogen and oxygen atoms in total. The Hall–Kier alpha value is -3.63. The second kappa shape index (κ2) is 11.4. The van der Waals surface area contributed by atoms with Crippen molar-refractivity contribution in [2.45, 2.75) is 58.3 Å². The van der Waals surface area contributed by atoms with Crippen LogP contribution in [0.4, 0.5) is 4.39 Å². The number of esters is 1. The zero-order valence-corrected chi connectivity index (χ0v) is 20.6. The number of carbonyl (C=O) groups is 1. The van der Waals surface area contributed by atoms with Crippen molar-refractivity contribution in [1.82, 2.24) is 14.5 Å². The number of halogens is 1. The number of H-pyrrole nitrogens is 1. The fraction of sp³-hybridized carbons (Fsp3) is 0.385. The van der Waals surface area contributed by atoms with Crippen LogP contribution in [0.1, 0.15) is 50.8 Å². The molecule has 2 unspecified atom stereocenters. The average Bonchev–Trinajstić information content (AvgIpc) is 2.82. The lowest BCUT2D eigenvalue weighted by Gasteiger charge is -2.19. The number of nitrogens with zero attached hydrogens (tertiary/aromatic N) is 2. The van der Waals surface area contributed by atoms with Crippen LogP contribution in [-0.4, -0.2) is 50.0 Å². The molecule has 3 N–H and O–H groups in total. The number of hydrogen-bond acceptors (Lipinski definition) is 7. The molecule has 2 heterocycles. The summed E-state index contributed by atoms with van der Waals surface area (Å²) < 4.78 is 19.6. The quantitative estimate of drug-likeness (QED) is 0.385. The number of ether oxygens (including phenoxy) is 1. The van der Waals surface area contributed by atoms with E-state index >= 15 is 0 Å². The van der Waals surface area contributed by atoms with Crippen LogP contribution in [0.25, 0.3) is 28.2 Å². The maximum absolute atomic E-state index is 13.7. The molecule has 2 atom stereocenters. The molecule has 0 radical (unpaired) electrons. The normalized spacial score (nSPS) is 13.4. The summed E-state index contributed by atoms with van der Waals surface area (Å²) in [5.74, 6) is -1.19. The van der Waals surface area contributed by atoms with Gasteiger partial charge in [-0.25, -0.2) is 14.2 Å². The summed E-state index contributed by atoms with van der Waals surface area (Å²) >= 11 is 0. The fourth-order valence-corrected chi connectivity index (χ4v) is 4.08. The Kier molecular flexibility index (Phi) is 8.54. The number of methoxy groups -OCH3 is 1. The Labute approximate surface area is 206 Å². The Balaban J connectivity index is 2.27. The Morgan fingerprint density at radius 1 is 1.22 bits per heavy atom. The number of benzene rings is 1. The Bertz CT molecular complexity index is 1390. The van der Waals surface area contributed by atoms with Gasteiger partial charge in [0.25, 0.3) is 5.56 Å². The van der Waals surface area contributed by atoms with Crippen molar-refractivity contribution >= 4 is 23.1 Å². The van der Waals surface area contributed by atoms with Crippen LogP contribution >= 0.6 is 0 Å². The van der Waals surface area contributed by atoms with Crippen molar-refractivity contribution in [3.05, 3.63) is 68.3 Å².